The number of methoxy groups -OCH3 is 2. The second-order valence-electron chi connectivity index (χ2n) is 5.95. The summed E-state index contributed by atoms with van der Waals surface area (Å²) in [5.41, 5.74) is 0.142. The van der Waals surface area contributed by atoms with Crippen LogP contribution in [-0.4, -0.2) is 38.7 Å². The number of anilines is 1. The van der Waals surface area contributed by atoms with Crippen LogP contribution in [0, 0.1) is 5.82 Å². The van der Waals surface area contributed by atoms with E-state index in [0.29, 0.717) is 23.1 Å². The van der Waals surface area contributed by atoms with E-state index >= 15 is 0 Å². The quantitative estimate of drug-likeness (QED) is 0.558. The third-order valence-corrected chi connectivity index (χ3v) is 6.87. The molecule has 158 valence electrons. The van der Waals surface area contributed by atoms with E-state index in [0.717, 1.165) is 27.8 Å². The Morgan fingerprint density at radius 2 is 1.97 bits per heavy atom. The average molecular weight is 452 g/mol. The molecule has 0 amide bonds. The molecule has 1 N–H and O–H groups in total. The summed E-state index contributed by atoms with van der Waals surface area (Å²) in [6.45, 7) is -0.191. The zero-order valence-electron chi connectivity index (χ0n) is 15.9. The first kappa shape index (κ1) is 21.5. The normalized spacial score (nSPS) is 11.2. The summed E-state index contributed by atoms with van der Waals surface area (Å²) in [7, 11) is -1.48. The van der Waals surface area contributed by atoms with E-state index in [-0.39, 0.29) is 17.2 Å². The van der Waals surface area contributed by atoms with Crippen LogP contribution < -0.4 is 13.8 Å². The monoisotopic (exact) mass is 452 g/mol. The van der Waals surface area contributed by atoms with Gasteiger partial charge >= 0.3 is 5.97 Å². The predicted molar refractivity (Wildman–Crippen MR) is 108 cm³/mol. The molecule has 0 saturated heterocycles. The number of hydrogen-bond acceptors (Lipinski definition) is 7. The molecule has 0 radical (unpaired) electrons. The number of halogens is 1. The standard InChI is InChI=1S/C19H17FN2O6S2/c1-27-14-5-3-13(16(10-14)28-2)11-22(19-21-7-8-29-19)30(25,26)17-6-4-12(18(23)24)9-15(17)20/h3-10H,11H2,1-2H3,(H,23,24). The van der Waals surface area contributed by atoms with Gasteiger partial charge in [-0.05, 0) is 30.3 Å². The highest BCUT2D eigenvalue weighted by Gasteiger charge is 2.31. The van der Waals surface area contributed by atoms with Crippen molar-refractivity contribution in [3.05, 3.63) is 64.9 Å². The molecule has 0 spiro atoms. The van der Waals surface area contributed by atoms with Crippen LogP contribution in [0.4, 0.5) is 9.52 Å². The van der Waals surface area contributed by atoms with E-state index in [2.05, 4.69) is 4.98 Å². The van der Waals surface area contributed by atoms with Gasteiger partial charge in [-0.2, -0.15) is 0 Å². The van der Waals surface area contributed by atoms with Crippen LogP contribution >= 0.6 is 11.3 Å². The van der Waals surface area contributed by atoms with Crippen molar-refractivity contribution in [2.45, 2.75) is 11.4 Å². The molecule has 0 saturated carbocycles. The van der Waals surface area contributed by atoms with Crippen molar-refractivity contribution in [2.24, 2.45) is 0 Å². The van der Waals surface area contributed by atoms with Crippen LogP contribution in [-0.2, 0) is 16.6 Å². The van der Waals surface area contributed by atoms with E-state index in [1.807, 2.05) is 0 Å². The number of carbonyl (C=O) groups is 1. The molecule has 8 nitrogen and oxygen atoms in total. The summed E-state index contributed by atoms with van der Waals surface area (Å²) in [6.07, 6.45) is 1.43. The van der Waals surface area contributed by atoms with Crippen LogP contribution in [0.15, 0.2) is 52.9 Å². The first-order chi connectivity index (χ1) is 14.3. The van der Waals surface area contributed by atoms with Gasteiger partial charge in [0.15, 0.2) is 5.13 Å². The fraction of sp³-hybridized carbons (Fsp3) is 0.158. The lowest BCUT2D eigenvalue weighted by atomic mass is 10.2. The SMILES string of the molecule is COc1ccc(CN(c2nccs2)S(=O)(=O)c2ccc(C(=O)O)cc2F)c(OC)c1. The molecule has 1 aromatic heterocycles. The molecule has 1 heterocycles. The first-order valence-electron chi connectivity index (χ1n) is 8.44. The Hall–Kier alpha value is -3.18. The maximum absolute atomic E-state index is 14.6. The number of nitrogens with zero attached hydrogens (tertiary/aromatic N) is 2. The maximum Gasteiger partial charge on any atom is 0.335 e. The number of aromatic carboxylic acids is 1. The van der Waals surface area contributed by atoms with Crippen molar-refractivity contribution in [1.29, 1.82) is 0 Å². The van der Waals surface area contributed by atoms with Crippen LogP contribution in [0.3, 0.4) is 0 Å². The largest absolute Gasteiger partial charge is 0.497 e. The third-order valence-electron chi connectivity index (χ3n) is 4.19. The molecule has 3 rings (SSSR count). The van der Waals surface area contributed by atoms with E-state index in [4.69, 9.17) is 14.6 Å². The van der Waals surface area contributed by atoms with Crippen LogP contribution in [0.5, 0.6) is 11.5 Å². The number of hydrogen-bond donors (Lipinski definition) is 1. The number of carboxylic acid groups (broad SMARTS) is 1. The summed E-state index contributed by atoms with van der Waals surface area (Å²) in [5, 5.41) is 10.7. The molecular weight excluding hydrogens is 435 g/mol. The third kappa shape index (κ3) is 4.21. The summed E-state index contributed by atoms with van der Waals surface area (Å²) in [4.78, 5) is 14.4. The number of thiazole rings is 1. The van der Waals surface area contributed by atoms with Gasteiger partial charge in [0.1, 0.15) is 22.2 Å². The first-order valence-corrected chi connectivity index (χ1v) is 10.8. The molecule has 2 aromatic carbocycles. The van der Waals surface area contributed by atoms with Gasteiger partial charge in [-0.25, -0.2) is 26.9 Å². The van der Waals surface area contributed by atoms with Crippen molar-refractivity contribution in [3.8, 4) is 11.5 Å². The second kappa shape index (κ2) is 8.67. The minimum Gasteiger partial charge on any atom is -0.497 e. The van der Waals surface area contributed by atoms with E-state index in [9.17, 15) is 17.6 Å². The highest BCUT2D eigenvalue weighted by molar-refractivity contribution is 7.93. The Kier molecular flexibility index (Phi) is 6.22. The Morgan fingerprint density at radius 1 is 1.20 bits per heavy atom. The molecule has 0 atom stereocenters. The topological polar surface area (TPSA) is 106 Å². The Labute approximate surface area is 176 Å². The Balaban J connectivity index is 2.08. The van der Waals surface area contributed by atoms with Crippen molar-refractivity contribution in [3.63, 3.8) is 0 Å². The lowest BCUT2D eigenvalue weighted by Crippen LogP contribution is -2.31. The number of ether oxygens (including phenoxy) is 2. The van der Waals surface area contributed by atoms with Crippen LogP contribution in [0.25, 0.3) is 0 Å². The minimum atomic E-state index is -4.41. The summed E-state index contributed by atoms with van der Waals surface area (Å²) < 4.78 is 52.6. The van der Waals surface area contributed by atoms with Crippen molar-refractivity contribution >= 4 is 32.5 Å². The number of benzene rings is 2. The molecule has 0 bridgehead atoms. The van der Waals surface area contributed by atoms with Gasteiger partial charge in [-0.3, -0.25) is 0 Å². The van der Waals surface area contributed by atoms with Gasteiger partial charge in [-0.1, -0.05) is 0 Å². The van der Waals surface area contributed by atoms with E-state index in [1.54, 1.807) is 23.6 Å². The minimum absolute atomic E-state index is 0.120. The molecule has 0 fully saturated rings. The molecule has 0 unspecified atom stereocenters. The van der Waals surface area contributed by atoms with Gasteiger partial charge in [0.2, 0.25) is 0 Å². The van der Waals surface area contributed by atoms with Crippen molar-refractivity contribution in [2.75, 3.05) is 18.5 Å². The smallest absolute Gasteiger partial charge is 0.335 e. The van der Waals surface area contributed by atoms with E-state index in [1.165, 1.54) is 20.4 Å². The molecule has 30 heavy (non-hydrogen) atoms. The number of aromatic nitrogens is 1. The van der Waals surface area contributed by atoms with Crippen molar-refractivity contribution in [1.82, 2.24) is 4.98 Å². The fourth-order valence-electron chi connectivity index (χ4n) is 2.69. The average Bonchev–Trinajstić information content (AvgIpc) is 3.25. The lowest BCUT2D eigenvalue weighted by molar-refractivity contribution is 0.0696. The molecule has 0 aliphatic carbocycles. The Morgan fingerprint density at radius 3 is 2.53 bits per heavy atom. The fourth-order valence-corrected chi connectivity index (χ4v) is 5.01. The zero-order valence-corrected chi connectivity index (χ0v) is 17.5. The maximum atomic E-state index is 14.6. The van der Waals surface area contributed by atoms with Crippen LogP contribution in [0.2, 0.25) is 0 Å². The number of sulfonamides is 1. The molecule has 3 aromatic rings. The summed E-state index contributed by atoms with van der Waals surface area (Å²) in [6, 6.07) is 7.52. The van der Waals surface area contributed by atoms with Crippen molar-refractivity contribution < 1.29 is 32.2 Å². The van der Waals surface area contributed by atoms with Gasteiger partial charge in [-0.15, -0.1) is 11.3 Å². The molecule has 0 aliphatic rings. The summed E-state index contributed by atoms with van der Waals surface area (Å²) in [5.74, 6) is -1.63. The predicted octanol–water partition coefficient (Wildman–Crippen LogP) is 3.39. The summed E-state index contributed by atoms with van der Waals surface area (Å²) >= 11 is 1.06. The molecule has 0 aliphatic heterocycles. The van der Waals surface area contributed by atoms with Crippen LogP contribution in [0.1, 0.15) is 15.9 Å². The zero-order chi connectivity index (χ0) is 21.9. The molecular formula is C19H17FN2O6S2. The molecule has 11 heteroatoms. The highest BCUT2D eigenvalue weighted by Crippen LogP contribution is 2.32. The van der Waals surface area contributed by atoms with Gasteiger partial charge in [0, 0.05) is 23.2 Å². The van der Waals surface area contributed by atoms with Gasteiger partial charge in [0.25, 0.3) is 10.0 Å². The second-order valence-corrected chi connectivity index (χ2v) is 8.66. The number of rotatable bonds is 8. The van der Waals surface area contributed by atoms with Gasteiger partial charge in [0.05, 0.1) is 26.3 Å². The Bertz CT molecular complexity index is 1170. The lowest BCUT2D eigenvalue weighted by Gasteiger charge is -2.23. The van der Waals surface area contributed by atoms with E-state index < -0.39 is 26.7 Å². The number of carboxylic acids is 1. The van der Waals surface area contributed by atoms with Gasteiger partial charge < -0.3 is 14.6 Å². The highest BCUT2D eigenvalue weighted by atomic mass is 32.2.